The summed E-state index contributed by atoms with van der Waals surface area (Å²) in [4.78, 5) is 30.3. The van der Waals surface area contributed by atoms with Gasteiger partial charge in [0.05, 0.1) is 11.3 Å². The first-order valence-electron chi connectivity index (χ1n) is 10.3. The highest BCUT2D eigenvalue weighted by Gasteiger charge is 2.26. The number of piperidine rings is 1. The molecule has 1 aliphatic heterocycles. The van der Waals surface area contributed by atoms with Crippen LogP contribution in [0.5, 0.6) is 0 Å². The van der Waals surface area contributed by atoms with E-state index in [0.29, 0.717) is 25.6 Å². The van der Waals surface area contributed by atoms with Crippen LogP contribution < -0.4 is 5.56 Å². The molecule has 1 aromatic carbocycles. The summed E-state index contributed by atoms with van der Waals surface area (Å²) in [7, 11) is 0. The number of H-pyrrole nitrogens is 1. The van der Waals surface area contributed by atoms with Crippen molar-refractivity contribution in [2.45, 2.75) is 45.6 Å². The standard InChI is InChI=1S/C23H28N4O2/c1-23(2,3)20-8-9-21(28)27(25-20)15-16-10-12-26(13-11-16)22(29)18-14-24-19-7-5-4-6-17(18)19/h4-9,14,16,24H,10-13,15H2,1-3H3. The number of aromatic nitrogens is 3. The first-order valence-corrected chi connectivity index (χ1v) is 10.3. The fourth-order valence-corrected chi connectivity index (χ4v) is 3.96. The van der Waals surface area contributed by atoms with Gasteiger partial charge in [0.15, 0.2) is 0 Å². The number of fused-ring (bicyclic) bond motifs is 1. The zero-order chi connectivity index (χ0) is 20.6. The van der Waals surface area contributed by atoms with Crippen LogP contribution in [-0.2, 0) is 12.0 Å². The average molecular weight is 393 g/mol. The lowest BCUT2D eigenvalue weighted by Crippen LogP contribution is -2.40. The van der Waals surface area contributed by atoms with Gasteiger partial charge in [0, 0.05) is 48.2 Å². The average Bonchev–Trinajstić information content (AvgIpc) is 3.13. The highest BCUT2D eigenvalue weighted by Crippen LogP contribution is 2.24. The molecule has 1 amide bonds. The molecule has 152 valence electrons. The molecule has 3 heterocycles. The Hall–Kier alpha value is -2.89. The maximum Gasteiger partial charge on any atom is 0.266 e. The number of carbonyl (C=O) groups is 1. The number of hydrogen-bond acceptors (Lipinski definition) is 3. The number of benzene rings is 1. The summed E-state index contributed by atoms with van der Waals surface area (Å²) in [5, 5.41) is 5.55. The first-order chi connectivity index (χ1) is 13.8. The van der Waals surface area contributed by atoms with Gasteiger partial charge in [-0.3, -0.25) is 9.59 Å². The van der Waals surface area contributed by atoms with Gasteiger partial charge in [-0.1, -0.05) is 39.0 Å². The third-order valence-electron chi connectivity index (χ3n) is 5.79. The summed E-state index contributed by atoms with van der Waals surface area (Å²) in [6, 6.07) is 11.3. The van der Waals surface area contributed by atoms with Gasteiger partial charge >= 0.3 is 0 Å². The van der Waals surface area contributed by atoms with Crippen LogP contribution in [0.25, 0.3) is 10.9 Å². The SMILES string of the molecule is CC(C)(C)c1ccc(=O)n(CC2CCN(C(=O)c3c[nH]c4ccccc34)CC2)n1. The smallest absolute Gasteiger partial charge is 0.266 e. The van der Waals surface area contributed by atoms with E-state index in [1.807, 2.05) is 35.2 Å². The fourth-order valence-electron chi connectivity index (χ4n) is 3.96. The minimum atomic E-state index is -0.0927. The lowest BCUT2D eigenvalue weighted by Gasteiger charge is -2.32. The van der Waals surface area contributed by atoms with Gasteiger partial charge in [-0.25, -0.2) is 4.68 Å². The fraction of sp³-hybridized carbons (Fsp3) is 0.435. The van der Waals surface area contributed by atoms with Crippen LogP contribution in [0.15, 0.2) is 47.4 Å². The van der Waals surface area contributed by atoms with Crippen molar-refractivity contribution in [3.05, 3.63) is 64.2 Å². The van der Waals surface area contributed by atoms with Crippen LogP contribution in [0.1, 0.15) is 49.7 Å². The van der Waals surface area contributed by atoms with E-state index in [1.54, 1.807) is 16.9 Å². The summed E-state index contributed by atoms with van der Waals surface area (Å²) in [5.41, 5.74) is 2.48. The van der Waals surface area contributed by atoms with Crippen molar-refractivity contribution in [3.8, 4) is 0 Å². The monoisotopic (exact) mass is 392 g/mol. The summed E-state index contributed by atoms with van der Waals surface area (Å²) >= 11 is 0. The van der Waals surface area contributed by atoms with Crippen molar-refractivity contribution in [3.63, 3.8) is 0 Å². The molecule has 2 aromatic heterocycles. The van der Waals surface area contributed by atoms with Gasteiger partial charge in [0.2, 0.25) is 0 Å². The van der Waals surface area contributed by atoms with Crippen molar-refractivity contribution < 1.29 is 4.79 Å². The Balaban J connectivity index is 1.42. The van der Waals surface area contributed by atoms with Crippen molar-refractivity contribution in [2.75, 3.05) is 13.1 Å². The van der Waals surface area contributed by atoms with Crippen LogP contribution in [0.3, 0.4) is 0 Å². The van der Waals surface area contributed by atoms with Gasteiger partial charge in [-0.2, -0.15) is 5.10 Å². The molecule has 3 aromatic rings. The van der Waals surface area contributed by atoms with Gasteiger partial charge in [-0.15, -0.1) is 0 Å². The van der Waals surface area contributed by atoms with E-state index in [4.69, 9.17) is 0 Å². The van der Waals surface area contributed by atoms with E-state index in [9.17, 15) is 9.59 Å². The Morgan fingerprint density at radius 1 is 1.14 bits per heavy atom. The molecule has 0 saturated carbocycles. The maximum absolute atomic E-state index is 13.0. The molecular formula is C23H28N4O2. The molecule has 6 heteroatoms. The molecule has 0 bridgehead atoms. The lowest BCUT2D eigenvalue weighted by atomic mass is 9.92. The van der Waals surface area contributed by atoms with Crippen LogP contribution in [-0.4, -0.2) is 38.7 Å². The Morgan fingerprint density at radius 2 is 1.86 bits per heavy atom. The summed E-state index contributed by atoms with van der Waals surface area (Å²) in [5.74, 6) is 0.424. The number of carbonyl (C=O) groups excluding carboxylic acids is 1. The van der Waals surface area contributed by atoms with Crippen LogP contribution in [0.4, 0.5) is 0 Å². The quantitative estimate of drug-likeness (QED) is 0.741. The molecule has 1 saturated heterocycles. The van der Waals surface area contributed by atoms with E-state index in [2.05, 4.69) is 30.9 Å². The molecule has 1 aliphatic rings. The van der Waals surface area contributed by atoms with Crippen molar-refractivity contribution in [1.29, 1.82) is 0 Å². The lowest BCUT2D eigenvalue weighted by molar-refractivity contribution is 0.0682. The summed E-state index contributed by atoms with van der Waals surface area (Å²) in [6.45, 7) is 8.31. The van der Waals surface area contributed by atoms with Crippen molar-refractivity contribution in [1.82, 2.24) is 19.7 Å². The summed E-state index contributed by atoms with van der Waals surface area (Å²) < 4.78 is 1.60. The van der Waals surface area contributed by atoms with E-state index in [0.717, 1.165) is 35.0 Å². The molecule has 4 rings (SSSR count). The zero-order valence-electron chi connectivity index (χ0n) is 17.3. The minimum absolute atomic E-state index is 0.0599. The topological polar surface area (TPSA) is 71.0 Å². The van der Waals surface area contributed by atoms with Crippen molar-refractivity contribution >= 4 is 16.8 Å². The first kappa shape index (κ1) is 19.4. The second kappa shape index (κ2) is 7.50. The predicted molar refractivity (Wildman–Crippen MR) is 114 cm³/mol. The van der Waals surface area contributed by atoms with Gasteiger partial charge in [0.25, 0.3) is 11.5 Å². The Morgan fingerprint density at radius 3 is 2.59 bits per heavy atom. The normalized spacial score (nSPS) is 15.8. The van der Waals surface area contributed by atoms with Gasteiger partial charge in [-0.05, 0) is 30.9 Å². The van der Waals surface area contributed by atoms with Crippen LogP contribution in [0.2, 0.25) is 0 Å². The number of aromatic amines is 1. The number of amides is 1. The third-order valence-corrected chi connectivity index (χ3v) is 5.79. The molecule has 0 atom stereocenters. The zero-order valence-corrected chi connectivity index (χ0v) is 17.3. The van der Waals surface area contributed by atoms with Crippen LogP contribution >= 0.6 is 0 Å². The van der Waals surface area contributed by atoms with Crippen LogP contribution in [0, 0.1) is 5.92 Å². The second-order valence-electron chi connectivity index (χ2n) is 8.97. The molecule has 1 N–H and O–H groups in total. The molecule has 6 nitrogen and oxygen atoms in total. The Bertz CT molecular complexity index is 1080. The third kappa shape index (κ3) is 3.97. The van der Waals surface area contributed by atoms with E-state index in [-0.39, 0.29) is 16.9 Å². The molecule has 0 radical (unpaired) electrons. The maximum atomic E-state index is 13.0. The van der Waals surface area contributed by atoms with E-state index >= 15 is 0 Å². The second-order valence-corrected chi connectivity index (χ2v) is 8.97. The number of nitrogens with zero attached hydrogens (tertiary/aromatic N) is 3. The Kier molecular flexibility index (Phi) is 5.03. The molecule has 0 spiro atoms. The minimum Gasteiger partial charge on any atom is -0.360 e. The van der Waals surface area contributed by atoms with Crippen molar-refractivity contribution in [2.24, 2.45) is 5.92 Å². The molecule has 0 aliphatic carbocycles. The summed E-state index contributed by atoms with van der Waals surface area (Å²) in [6.07, 6.45) is 3.56. The molecular weight excluding hydrogens is 364 g/mol. The molecule has 29 heavy (non-hydrogen) atoms. The number of hydrogen-bond donors (Lipinski definition) is 1. The largest absolute Gasteiger partial charge is 0.360 e. The highest BCUT2D eigenvalue weighted by molar-refractivity contribution is 6.06. The molecule has 1 fully saturated rings. The van der Waals surface area contributed by atoms with Gasteiger partial charge in [0.1, 0.15) is 0 Å². The number of nitrogens with one attached hydrogen (secondary N) is 1. The van der Waals surface area contributed by atoms with E-state index < -0.39 is 0 Å². The Labute approximate surface area is 170 Å². The highest BCUT2D eigenvalue weighted by atomic mass is 16.2. The number of para-hydroxylation sites is 1. The number of likely N-dealkylation sites (tertiary alicyclic amines) is 1. The van der Waals surface area contributed by atoms with Gasteiger partial charge < -0.3 is 9.88 Å². The number of rotatable bonds is 3. The predicted octanol–water partition coefficient (Wildman–Crippen LogP) is 3.57. The molecule has 0 unspecified atom stereocenters. The van der Waals surface area contributed by atoms with E-state index in [1.165, 1.54) is 0 Å².